The minimum atomic E-state index is -0.584. The van der Waals surface area contributed by atoms with E-state index in [0.29, 0.717) is 5.15 Å². The molecule has 77 valence electrons. The van der Waals surface area contributed by atoms with Gasteiger partial charge < -0.3 is 5.11 Å². The molecule has 0 unspecified atom stereocenters. The summed E-state index contributed by atoms with van der Waals surface area (Å²) < 4.78 is 0. The van der Waals surface area contributed by atoms with E-state index in [4.69, 9.17) is 11.6 Å². The second-order valence-electron chi connectivity index (χ2n) is 4.39. The fourth-order valence-corrected chi connectivity index (χ4v) is 1.24. The lowest BCUT2D eigenvalue weighted by atomic mass is 9.87. The fraction of sp³-hybridized carbons (Fsp3) is 0.455. The van der Waals surface area contributed by atoms with Crippen molar-refractivity contribution in [3.63, 3.8) is 0 Å². The van der Waals surface area contributed by atoms with E-state index in [1.807, 2.05) is 27.2 Å². The van der Waals surface area contributed by atoms with Crippen LogP contribution in [0.2, 0.25) is 5.15 Å². The highest BCUT2D eigenvalue weighted by Gasteiger charge is 2.18. The lowest BCUT2D eigenvalue weighted by molar-refractivity contribution is 0.182. The zero-order chi connectivity index (χ0) is 10.8. The van der Waals surface area contributed by atoms with Crippen molar-refractivity contribution in [2.24, 2.45) is 5.41 Å². The van der Waals surface area contributed by atoms with Crippen molar-refractivity contribution in [3.05, 3.63) is 35.5 Å². The molecule has 0 saturated carbocycles. The standard InChI is InChI=1S/C11H15ClNO/c1-11(2,3)6-9(14)8-4-5-10(12)13-7-8/h4-7,9,14H,1-3H3/t9-/m1/s1. The molecule has 0 aliphatic rings. The Kier molecular flexibility index (Phi) is 3.51. The largest absolute Gasteiger partial charge is 0.388 e. The van der Waals surface area contributed by atoms with Crippen LogP contribution >= 0.6 is 11.6 Å². The van der Waals surface area contributed by atoms with Gasteiger partial charge in [0.15, 0.2) is 0 Å². The first kappa shape index (κ1) is 11.5. The van der Waals surface area contributed by atoms with Crippen LogP contribution in [0.5, 0.6) is 0 Å². The number of aliphatic hydroxyl groups is 1. The third kappa shape index (κ3) is 3.64. The maximum absolute atomic E-state index is 9.81. The van der Waals surface area contributed by atoms with E-state index in [1.54, 1.807) is 18.3 Å². The van der Waals surface area contributed by atoms with Crippen LogP contribution in [-0.4, -0.2) is 10.1 Å². The summed E-state index contributed by atoms with van der Waals surface area (Å²) in [4.78, 5) is 3.92. The lowest BCUT2D eigenvalue weighted by Gasteiger charge is -2.21. The van der Waals surface area contributed by atoms with Gasteiger partial charge in [0.25, 0.3) is 0 Å². The zero-order valence-electron chi connectivity index (χ0n) is 8.66. The topological polar surface area (TPSA) is 33.1 Å². The number of hydrogen-bond donors (Lipinski definition) is 1. The summed E-state index contributed by atoms with van der Waals surface area (Å²) in [6.07, 6.45) is 2.88. The molecule has 0 aliphatic carbocycles. The Morgan fingerprint density at radius 2 is 2.07 bits per heavy atom. The number of halogens is 1. The van der Waals surface area contributed by atoms with Crippen molar-refractivity contribution >= 4 is 11.6 Å². The number of aromatic nitrogens is 1. The van der Waals surface area contributed by atoms with Gasteiger partial charge in [0.05, 0.1) is 6.10 Å². The molecule has 2 nitrogen and oxygen atoms in total. The normalized spacial score (nSPS) is 14.1. The molecular formula is C11H15ClNO. The van der Waals surface area contributed by atoms with Crippen molar-refractivity contribution in [1.29, 1.82) is 0 Å². The van der Waals surface area contributed by atoms with Crippen LogP contribution in [0.1, 0.15) is 32.4 Å². The van der Waals surface area contributed by atoms with Gasteiger partial charge in [0.2, 0.25) is 0 Å². The van der Waals surface area contributed by atoms with Gasteiger partial charge in [-0.05, 0) is 17.0 Å². The molecule has 1 heterocycles. The number of nitrogens with zero attached hydrogens (tertiary/aromatic N) is 1. The summed E-state index contributed by atoms with van der Waals surface area (Å²) in [6, 6.07) is 3.46. The Morgan fingerprint density at radius 3 is 2.50 bits per heavy atom. The van der Waals surface area contributed by atoms with E-state index in [2.05, 4.69) is 4.98 Å². The van der Waals surface area contributed by atoms with Crippen molar-refractivity contribution < 1.29 is 5.11 Å². The highest BCUT2D eigenvalue weighted by Crippen LogP contribution is 2.27. The van der Waals surface area contributed by atoms with E-state index < -0.39 is 6.10 Å². The van der Waals surface area contributed by atoms with Crippen LogP contribution in [0.3, 0.4) is 0 Å². The van der Waals surface area contributed by atoms with Crippen molar-refractivity contribution in [2.45, 2.75) is 26.9 Å². The van der Waals surface area contributed by atoms with Crippen LogP contribution in [0.25, 0.3) is 0 Å². The number of pyridine rings is 1. The van der Waals surface area contributed by atoms with Gasteiger partial charge in [-0.25, -0.2) is 4.98 Å². The van der Waals surface area contributed by atoms with E-state index in [1.165, 1.54) is 0 Å². The lowest BCUT2D eigenvalue weighted by Crippen LogP contribution is -2.12. The summed E-state index contributed by atoms with van der Waals surface area (Å²) in [6.45, 7) is 6.12. The molecule has 0 aromatic carbocycles. The van der Waals surface area contributed by atoms with Gasteiger partial charge in [-0.15, -0.1) is 0 Å². The Balaban J connectivity index is 2.70. The van der Waals surface area contributed by atoms with Crippen LogP contribution in [-0.2, 0) is 0 Å². The highest BCUT2D eigenvalue weighted by atomic mass is 35.5. The van der Waals surface area contributed by atoms with Crippen LogP contribution in [0.15, 0.2) is 18.3 Å². The zero-order valence-corrected chi connectivity index (χ0v) is 9.42. The average molecular weight is 213 g/mol. The smallest absolute Gasteiger partial charge is 0.129 e. The molecule has 0 spiro atoms. The molecule has 0 aliphatic heterocycles. The fourth-order valence-electron chi connectivity index (χ4n) is 1.13. The molecule has 1 aromatic heterocycles. The van der Waals surface area contributed by atoms with Crippen molar-refractivity contribution in [1.82, 2.24) is 4.98 Å². The van der Waals surface area contributed by atoms with Crippen molar-refractivity contribution in [3.8, 4) is 0 Å². The number of aliphatic hydroxyl groups excluding tert-OH is 1. The van der Waals surface area contributed by atoms with Gasteiger partial charge in [0.1, 0.15) is 5.15 Å². The third-order valence-electron chi connectivity index (χ3n) is 1.75. The Labute approximate surface area is 89.9 Å². The predicted molar refractivity (Wildman–Crippen MR) is 58.0 cm³/mol. The molecule has 1 rings (SSSR count). The highest BCUT2D eigenvalue weighted by molar-refractivity contribution is 6.29. The van der Waals surface area contributed by atoms with Crippen LogP contribution in [0.4, 0.5) is 0 Å². The molecule has 0 saturated heterocycles. The van der Waals surface area contributed by atoms with Gasteiger partial charge in [0, 0.05) is 12.6 Å². The first-order valence-corrected chi connectivity index (χ1v) is 4.92. The summed E-state index contributed by atoms with van der Waals surface area (Å²) in [5.41, 5.74) is 0.753. The molecule has 1 atom stereocenters. The van der Waals surface area contributed by atoms with Crippen LogP contribution in [0, 0.1) is 11.8 Å². The summed E-state index contributed by atoms with van der Waals surface area (Å²) in [7, 11) is 0. The van der Waals surface area contributed by atoms with Crippen LogP contribution < -0.4 is 0 Å². The van der Waals surface area contributed by atoms with E-state index in [9.17, 15) is 5.11 Å². The Hall–Kier alpha value is -0.600. The molecule has 0 fully saturated rings. The third-order valence-corrected chi connectivity index (χ3v) is 1.97. The Bertz CT molecular complexity index is 289. The molecule has 1 N–H and O–H groups in total. The quantitative estimate of drug-likeness (QED) is 0.765. The number of rotatable bonds is 2. The first-order chi connectivity index (χ1) is 6.38. The minimum Gasteiger partial charge on any atom is -0.388 e. The Morgan fingerprint density at radius 1 is 1.43 bits per heavy atom. The summed E-state index contributed by atoms with van der Waals surface area (Å²) in [5.74, 6) is 0. The maximum atomic E-state index is 9.81. The summed E-state index contributed by atoms with van der Waals surface area (Å²) >= 11 is 5.65. The predicted octanol–water partition coefficient (Wildman–Crippen LogP) is 3.02. The number of hydrogen-bond acceptors (Lipinski definition) is 2. The van der Waals surface area contributed by atoms with E-state index in [0.717, 1.165) is 5.56 Å². The van der Waals surface area contributed by atoms with Gasteiger partial charge >= 0.3 is 0 Å². The van der Waals surface area contributed by atoms with Gasteiger partial charge in [-0.1, -0.05) is 38.4 Å². The molecule has 0 amide bonds. The SMILES string of the molecule is CC(C)(C)[CH][C@@H](O)c1ccc(Cl)nc1. The molecule has 1 aromatic rings. The second kappa shape index (κ2) is 4.28. The molecule has 1 radical (unpaired) electrons. The first-order valence-electron chi connectivity index (χ1n) is 4.54. The average Bonchev–Trinajstić information content (AvgIpc) is 2.02. The summed E-state index contributed by atoms with van der Waals surface area (Å²) in [5, 5.41) is 10.2. The van der Waals surface area contributed by atoms with E-state index in [-0.39, 0.29) is 5.41 Å². The maximum Gasteiger partial charge on any atom is 0.129 e. The van der Waals surface area contributed by atoms with E-state index >= 15 is 0 Å². The monoisotopic (exact) mass is 212 g/mol. The molecule has 14 heavy (non-hydrogen) atoms. The molecular weight excluding hydrogens is 198 g/mol. The molecule has 0 bridgehead atoms. The molecule has 3 heteroatoms. The van der Waals surface area contributed by atoms with Gasteiger partial charge in [-0.2, -0.15) is 0 Å². The van der Waals surface area contributed by atoms with Gasteiger partial charge in [-0.3, -0.25) is 0 Å². The minimum absolute atomic E-state index is 0.0148. The van der Waals surface area contributed by atoms with Crippen molar-refractivity contribution in [2.75, 3.05) is 0 Å². The second-order valence-corrected chi connectivity index (χ2v) is 4.78.